The maximum absolute atomic E-state index is 11.0. The molecule has 1 rings (SSSR count). The molecule has 0 amide bonds. The molecule has 0 fully saturated rings. The molecular formula is C9H7NO5. The SMILES string of the molecule is CC(=O)c1ccc(C(=O)O)cc1[N+](=O)[O-]. The van der Waals surface area contributed by atoms with E-state index in [1.54, 1.807) is 0 Å². The highest BCUT2D eigenvalue weighted by Gasteiger charge is 2.19. The Morgan fingerprint density at radius 1 is 1.40 bits per heavy atom. The lowest BCUT2D eigenvalue weighted by Gasteiger charge is -1.99. The zero-order valence-electron chi connectivity index (χ0n) is 7.76. The van der Waals surface area contributed by atoms with Crippen LogP contribution in [0.1, 0.15) is 27.6 Å². The van der Waals surface area contributed by atoms with Gasteiger partial charge in [-0.1, -0.05) is 0 Å². The first-order valence-electron chi connectivity index (χ1n) is 3.96. The summed E-state index contributed by atoms with van der Waals surface area (Å²) in [6, 6.07) is 3.18. The molecule has 0 aliphatic heterocycles. The van der Waals surface area contributed by atoms with E-state index in [9.17, 15) is 19.7 Å². The lowest BCUT2D eigenvalue weighted by atomic mass is 10.1. The molecule has 0 spiro atoms. The van der Waals surface area contributed by atoms with Gasteiger partial charge in [-0.2, -0.15) is 0 Å². The lowest BCUT2D eigenvalue weighted by Crippen LogP contribution is -2.03. The van der Waals surface area contributed by atoms with Gasteiger partial charge in [0.25, 0.3) is 5.69 Å². The minimum absolute atomic E-state index is 0.0926. The second-order valence-electron chi connectivity index (χ2n) is 2.85. The third-order valence-corrected chi connectivity index (χ3v) is 1.82. The van der Waals surface area contributed by atoms with Gasteiger partial charge in [0.2, 0.25) is 0 Å². The smallest absolute Gasteiger partial charge is 0.335 e. The zero-order valence-corrected chi connectivity index (χ0v) is 7.76. The molecule has 6 heteroatoms. The second-order valence-corrected chi connectivity index (χ2v) is 2.85. The molecule has 0 atom stereocenters. The topological polar surface area (TPSA) is 97.5 Å². The Labute approximate surface area is 84.3 Å². The van der Waals surface area contributed by atoms with Crippen molar-refractivity contribution in [2.45, 2.75) is 6.92 Å². The van der Waals surface area contributed by atoms with Crippen LogP contribution in [-0.2, 0) is 0 Å². The molecule has 0 saturated heterocycles. The number of hydrogen-bond acceptors (Lipinski definition) is 4. The molecule has 6 nitrogen and oxygen atoms in total. The van der Waals surface area contributed by atoms with E-state index in [0.29, 0.717) is 0 Å². The van der Waals surface area contributed by atoms with E-state index in [1.807, 2.05) is 0 Å². The summed E-state index contributed by atoms with van der Waals surface area (Å²) >= 11 is 0. The number of rotatable bonds is 3. The number of carbonyl (C=O) groups excluding carboxylic acids is 1. The molecule has 0 aliphatic carbocycles. The Bertz CT molecular complexity index is 452. The predicted octanol–water partition coefficient (Wildman–Crippen LogP) is 1.50. The number of carboxylic acid groups (broad SMARTS) is 1. The summed E-state index contributed by atoms with van der Waals surface area (Å²) in [4.78, 5) is 31.3. The van der Waals surface area contributed by atoms with Gasteiger partial charge in [0.05, 0.1) is 16.1 Å². The molecular weight excluding hydrogens is 202 g/mol. The third-order valence-electron chi connectivity index (χ3n) is 1.82. The van der Waals surface area contributed by atoms with E-state index in [4.69, 9.17) is 5.11 Å². The van der Waals surface area contributed by atoms with E-state index in [1.165, 1.54) is 6.92 Å². The van der Waals surface area contributed by atoms with Crippen molar-refractivity contribution in [3.05, 3.63) is 39.4 Å². The van der Waals surface area contributed by atoms with Gasteiger partial charge < -0.3 is 5.11 Å². The molecule has 1 aromatic rings. The number of nitrogens with zero attached hydrogens (tertiary/aromatic N) is 1. The largest absolute Gasteiger partial charge is 0.478 e. The summed E-state index contributed by atoms with van der Waals surface area (Å²) in [6.45, 7) is 1.18. The lowest BCUT2D eigenvalue weighted by molar-refractivity contribution is -0.385. The van der Waals surface area contributed by atoms with Gasteiger partial charge in [-0.25, -0.2) is 4.79 Å². The van der Waals surface area contributed by atoms with Gasteiger partial charge >= 0.3 is 5.97 Å². The van der Waals surface area contributed by atoms with Gasteiger partial charge in [-0.15, -0.1) is 0 Å². The van der Waals surface area contributed by atoms with Crippen molar-refractivity contribution in [2.75, 3.05) is 0 Å². The molecule has 78 valence electrons. The van der Waals surface area contributed by atoms with Crippen LogP contribution in [0.15, 0.2) is 18.2 Å². The molecule has 1 N–H and O–H groups in total. The number of aromatic carboxylic acids is 1. The molecule has 0 unspecified atom stereocenters. The molecule has 0 heterocycles. The van der Waals surface area contributed by atoms with Crippen LogP contribution in [-0.4, -0.2) is 21.8 Å². The Morgan fingerprint density at radius 2 is 2.00 bits per heavy atom. The summed E-state index contributed by atoms with van der Waals surface area (Å²) < 4.78 is 0. The van der Waals surface area contributed by atoms with Crippen molar-refractivity contribution in [1.29, 1.82) is 0 Å². The number of nitro benzene ring substituents is 1. The van der Waals surface area contributed by atoms with Crippen molar-refractivity contribution < 1.29 is 19.6 Å². The number of benzene rings is 1. The molecule has 0 saturated carbocycles. The van der Waals surface area contributed by atoms with E-state index < -0.39 is 22.4 Å². The quantitative estimate of drug-likeness (QED) is 0.462. The number of carboxylic acids is 1. The van der Waals surface area contributed by atoms with Gasteiger partial charge in [-0.05, 0) is 19.1 Å². The summed E-state index contributed by atoms with van der Waals surface area (Å²) in [6.07, 6.45) is 0. The highest BCUT2D eigenvalue weighted by Crippen LogP contribution is 2.20. The van der Waals surface area contributed by atoms with Crippen LogP contribution in [0.25, 0.3) is 0 Å². The number of ketones is 1. The average Bonchev–Trinajstić information content (AvgIpc) is 2.16. The number of nitro groups is 1. The summed E-state index contributed by atoms with van der Waals surface area (Å²) in [7, 11) is 0. The Balaban J connectivity index is 3.40. The monoisotopic (exact) mass is 209 g/mol. The highest BCUT2D eigenvalue weighted by molar-refractivity contribution is 5.99. The van der Waals surface area contributed by atoms with Crippen LogP contribution >= 0.6 is 0 Å². The highest BCUT2D eigenvalue weighted by atomic mass is 16.6. The summed E-state index contributed by atoms with van der Waals surface area (Å²) in [5.41, 5.74) is -0.792. The summed E-state index contributed by atoms with van der Waals surface area (Å²) in [5, 5.41) is 19.2. The van der Waals surface area contributed by atoms with Crippen molar-refractivity contribution in [3.63, 3.8) is 0 Å². The van der Waals surface area contributed by atoms with Gasteiger partial charge in [-0.3, -0.25) is 14.9 Å². The van der Waals surface area contributed by atoms with Gasteiger partial charge in [0.15, 0.2) is 5.78 Å². The van der Waals surface area contributed by atoms with Crippen LogP contribution in [0.4, 0.5) is 5.69 Å². The fourth-order valence-corrected chi connectivity index (χ4v) is 1.11. The van der Waals surface area contributed by atoms with Crippen LogP contribution in [0.2, 0.25) is 0 Å². The van der Waals surface area contributed by atoms with Gasteiger partial charge in [0.1, 0.15) is 0 Å². The van der Waals surface area contributed by atoms with E-state index in [-0.39, 0.29) is 11.1 Å². The zero-order chi connectivity index (χ0) is 11.6. The molecule has 0 aliphatic rings. The van der Waals surface area contributed by atoms with E-state index in [0.717, 1.165) is 18.2 Å². The Kier molecular flexibility index (Phi) is 2.80. The van der Waals surface area contributed by atoms with Gasteiger partial charge in [0, 0.05) is 6.07 Å². The van der Waals surface area contributed by atoms with E-state index >= 15 is 0 Å². The molecule has 0 aromatic heterocycles. The first-order chi connectivity index (χ1) is 6.93. The van der Waals surface area contributed by atoms with Crippen LogP contribution in [0.3, 0.4) is 0 Å². The Hall–Kier alpha value is -2.24. The maximum atomic E-state index is 11.0. The second kappa shape index (κ2) is 3.87. The van der Waals surface area contributed by atoms with E-state index in [2.05, 4.69) is 0 Å². The fourth-order valence-electron chi connectivity index (χ4n) is 1.11. The number of carbonyl (C=O) groups is 2. The Morgan fingerprint density at radius 3 is 2.40 bits per heavy atom. The minimum Gasteiger partial charge on any atom is -0.478 e. The van der Waals surface area contributed by atoms with Crippen molar-refractivity contribution in [1.82, 2.24) is 0 Å². The van der Waals surface area contributed by atoms with Crippen molar-refractivity contribution in [2.24, 2.45) is 0 Å². The molecule has 0 radical (unpaired) electrons. The normalized spacial score (nSPS) is 9.67. The van der Waals surface area contributed by atoms with Crippen molar-refractivity contribution in [3.8, 4) is 0 Å². The molecule has 0 bridgehead atoms. The van der Waals surface area contributed by atoms with Crippen LogP contribution < -0.4 is 0 Å². The first-order valence-corrected chi connectivity index (χ1v) is 3.96. The van der Waals surface area contributed by atoms with Crippen LogP contribution in [0.5, 0.6) is 0 Å². The standard InChI is InChI=1S/C9H7NO5/c1-5(11)7-3-2-6(9(12)13)4-8(7)10(14)15/h2-4H,1H3,(H,12,13). The molecule has 1 aromatic carbocycles. The number of hydrogen-bond donors (Lipinski definition) is 1. The average molecular weight is 209 g/mol. The first kappa shape index (κ1) is 10.8. The maximum Gasteiger partial charge on any atom is 0.335 e. The minimum atomic E-state index is -1.27. The predicted molar refractivity (Wildman–Crippen MR) is 50.1 cm³/mol. The third kappa shape index (κ3) is 2.16. The molecule has 15 heavy (non-hydrogen) atoms. The summed E-state index contributed by atoms with van der Waals surface area (Å²) in [5.74, 6) is -1.74. The fraction of sp³-hybridized carbons (Fsp3) is 0.111. The van der Waals surface area contributed by atoms with Crippen molar-refractivity contribution >= 4 is 17.4 Å². The van der Waals surface area contributed by atoms with Crippen LogP contribution in [0, 0.1) is 10.1 Å². The number of Topliss-reactive ketones (excluding diaryl/α,β-unsaturated/α-hetero) is 1.